The Hall–Kier alpha value is -2.55. The number of hydrogen-bond donors (Lipinski definition) is 0. The molecule has 2 aromatic carbocycles. The average Bonchev–Trinajstić information content (AvgIpc) is 2.51. The molecule has 0 fully saturated rings. The van der Waals surface area contributed by atoms with Crippen LogP contribution in [0.1, 0.15) is 24.2 Å². The number of aromatic nitrogens is 1. The molecule has 0 aliphatic carbocycles. The molecule has 1 aromatic heterocycles. The van der Waals surface area contributed by atoms with E-state index >= 15 is 0 Å². The van der Waals surface area contributed by atoms with Crippen LogP contribution in [0.4, 0.5) is 0 Å². The molecule has 1 aliphatic rings. The van der Waals surface area contributed by atoms with Crippen molar-refractivity contribution in [3.05, 3.63) is 63.9 Å². The summed E-state index contributed by atoms with van der Waals surface area (Å²) in [6.45, 7) is 4.05. The standard InChI is InChI=1S/C19H17NO2/c1-11-8-9-13-15(10-11)19(21)20(3)18-14-6-4-5-7-16(14)22-12(2)17(13)18/h4-10,12H,1-3H3. The highest BCUT2D eigenvalue weighted by atomic mass is 16.5. The highest BCUT2D eigenvalue weighted by molar-refractivity contribution is 5.92. The maximum absolute atomic E-state index is 12.8. The van der Waals surface area contributed by atoms with Crippen LogP contribution < -0.4 is 10.3 Å². The van der Waals surface area contributed by atoms with Crippen molar-refractivity contribution >= 4 is 10.8 Å². The maximum Gasteiger partial charge on any atom is 0.258 e. The largest absolute Gasteiger partial charge is 0.485 e. The van der Waals surface area contributed by atoms with Crippen LogP contribution in [-0.2, 0) is 7.05 Å². The highest BCUT2D eigenvalue weighted by Crippen LogP contribution is 2.43. The molecule has 0 radical (unpaired) electrons. The zero-order chi connectivity index (χ0) is 15.4. The number of para-hydroxylation sites is 1. The van der Waals surface area contributed by atoms with Crippen molar-refractivity contribution in [2.45, 2.75) is 20.0 Å². The number of ether oxygens (including phenoxy) is 1. The van der Waals surface area contributed by atoms with E-state index in [2.05, 4.69) is 6.07 Å². The molecule has 0 bridgehead atoms. The number of pyridine rings is 1. The fourth-order valence-electron chi connectivity index (χ4n) is 3.41. The van der Waals surface area contributed by atoms with Gasteiger partial charge in [-0.2, -0.15) is 0 Å². The lowest BCUT2D eigenvalue weighted by Crippen LogP contribution is -2.25. The van der Waals surface area contributed by atoms with Crippen LogP contribution >= 0.6 is 0 Å². The van der Waals surface area contributed by atoms with Crippen molar-refractivity contribution in [3.63, 3.8) is 0 Å². The Bertz CT molecular complexity index is 969. The third-order valence-corrected chi connectivity index (χ3v) is 4.44. The summed E-state index contributed by atoms with van der Waals surface area (Å²) in [5, 5.41) is 1.75. The molecule has 0 spiro atoms. The van der Waals surface area contributed by atoms with Gasteiger partial charge in [0.25, 0.3) is 5.56 Å². The van der Waals surface area contributed by atoms with E-state index in [9.17, 15) is 4.79 Å². The number of hydrogen-bond acceptors (Lipinski definition) is 2. The molecule has 110 valence electrons. The van der Waals surface area contributed by atoms with Gasteiger partial charge < -0.3 is 9.30 Å². The topological polar surface area (TPSA) is 31.2 Å². The molecule has 1 aliphatic heterocycles. The molecule has 0 saturated heterocycles. The molecule has 22 heavy (non-hydrogen) atoms. The van der Waals surface area contributed by atoms with Crippen LogP contribution in [0.3, 0.4) is 0 Å². The Morgan fingerprint density at radius 3 is 2.68 bits per heavy atom. The fourth-order valence-corrected chi connectivity index (χ4v) is 3.41. The summed E-state index contributed by atoms with van der Waals surface area (Å²) in [5.41, 5.74) is 4.18. The van der Waals surface area contributed by atoms with E-state index in [0.717, 1.165) is 38.9 Å². The van der Waals surface area contributed by atoms with Gasteiger partial charge in [0.2, 0.25) is 0 Å². The van der Waals surface area contributed by atoms with Crippen molar-refractivity contribution in [1.82, 2.24) is 4.57 Å². The van der Waals surface area contributed by atoms with Crippen LogP contribution in [0.2, 0.25) is 0 Å². The second-order valence-electron chi connectivity index (χ2n) is 5.93. The molecule has 1 atom stereocenters. The van der Waals surface area contributed by atoms with Gasteiger partial charge >= 0.3 is 0 Å². The van der Waals surface area contributed by atoms with E-state index in [1.54, 1.807) is 4.57 Å². The monoisotopic (exact) mass is 291 g/mol. The number of fused-ring (bicyclic) bond motifs is 5. The first-order valence-electron chi connectivity index (χ1n) is 7.47. The van der Waals surface area contributed by atoms with E-state index in [0.29, 0.717) is 0 Å². The van der Waals surface area contributed by atoms with E-state index in [1.165, 1.54) is 0 Å². The summed E-state index contributed by atoms with van der Waals surface area (Å²) in [7, 11) is 1.84. The number of nitrogens with zero attached hydrogens (tertiary/aromatic N) is 1. The Balaban J connectivity index is 2.23. The lowest BCUT2D eigenvalue weighted by Gasteiger charge is -2.29. The van der Waals surface area contributed by atoms with E-state index in [4.69, 9.17) is 4.74 Å². The summed E-state index contributed by atoms with van der Waals surface area (Å²) >= 11 is 0. The van der Waals surface area contributed by atoms with Gasteiger partial charge in [-0.25, -0.2) is 0 Å². The van der Waals surface area contributed by atoms with Gasteiger partial charge in [0.15, 0.2) is 0 Å². The minimum Gasteiger partial charge on any atom is -0.485 e. The Kier molecular flexibility index (Phi) is 2.67. The van der Waals surface area contributed by atoms with Crippen molar-refractivity contribution < 1.29 is 4.74 Å². The van der Waals surface area contributed by atoms with Crippen molar-refractivity contribution in [2.24, 2.45) is 7.05 Å². The van der Waals surface area contributed by atoms with Gasteiger partial charge in [0.1, 0.15) is 11.9 Å². The third kappa shape index (κ3) is 1.65. The van der Waals surface area contributed by atoms with Crippen LogP contribution in [0.25, 0.3) is 22.0 Å². The predicted octanol–water partition coefficient (Wildman–Crippen LogP) is 3.97. The van der Waals surface area contributed by atoms with Crippen molar-refractivity contribution in [1.29, 1.82) is 0 Å². The van der Waals surface area contributed by atoms with Gasteiger partial charge in [0.05, 0.1) is 5.69 Å². The first kappa shape index (κ1) is 13.1. The van der Waals surface area contributed by atoms with Crippen LogP contribution in [0.5, 0.6) is 5.75 Å². The Morgan fingerprint density at radius 1 is 1.09 bits per heavy atom. The number of rotatable bonds is 0. The van der Waals surface area contributed by atoms with Crippen LogP contribution in [-0.4, -0.2) is 4.57 Å². The molecular weight excluding hydrogens is 274 g/mol. The zero-order valence-corrected chi connectivity index (χ0v) is 12.9. The summed E-state index contributed by atoms with van der Waals surface area (Å²) in [5.74, 6) is 0.837. The lowest BCUT2D eigenvalue weighted by atomic mass is 9.92. The summed E-state index contributed by atoms with van der Waals surface area (Å²) in [6, 6.07) is 14.0. The average molecular weight is 291 g/mol. The molecule has 1 unspecified atom stereocenters. The highest BCUT2D eigenvalue weighted by Gasteiger charge is 2.28. The normalized spacial score (nSPS) is 16.0. The minimum atomic E-state index is -0.0816. The van der Waals surface area contributed by atoms with E-state index < -0.39 is 0 Å². The molecule has 2 heterocycles. The Labute approximate surface area is 128 Å². The molecule has 3 aromatic rings. The van der Waals surface area contributed by atoms with Gasteiger partial charge in [-0.1, -0.05) is 29.8 Å². The fraction of sp³-hybridized carbons (Fsp3) is 0.211. The first-order chi connectivity index (χ1) is 10.6. The second kappa shape index (κ2) is 4.47. The summed E-state index contributed by atoms with van der Waals surface area (Å²) < 4.78 is 7.83. The Morgan fingerprint density at radius 2 is 1.86 bits per heavy atom. The van der Waals surface area contributed by atoms with E-state index in [-0.39, 0.29) is 11.7 Å². The SMILES string of the molecule is Cc1ccc2c3c(n(C)c(=O)c2c1)-c1ccccc1OC3C. The molecular formula is C19H17NO2. The first-order valence-corrected chi connectivity index (χ1v) is 7.47. The molecule has 3 nitrogen and oxygen atoms in total. The molecule has 0 N–H and O–H groups in total. The second-order valence-corrected chi connectivity index (χ2v) is 5.93. The molecule has 3 heteroatoms. The smallest absolute Gasteiger partial charge is 0.258 e. The van der Waals surface area contributed by atoms with Crippen LogP contribution in [0, 0.1) is 6.92 Å². The predicted molar refractivity (Wildman–Crippen MR) is 88.4 cm³/mol. The number of aryl methyl sites for hydroxylation is 1. The quantitative estimate of drug-likeness (QED) is 0.627. The summed E-state index contributed by atoms with van der Waals surface area (Å²) in [4.78, 5) is 12.8. The van der Waals surface area contributed by atoms with E-state index in [1.807, 2.05) is 57.3 Å². The molecule has 0 saturated carbocycles. The molecule has 0 amide bonds. The minimum absolute atomic E-state index is 0.0429. The maximum atomic E-state index is 12.8. The van der Waals surface area contributed by atoms with Crippen LogP contribution in [0.15, 0.2) is 47.3 Å². The van der Waals surface area contributed by atoms with Crippen molar-refractivity contribution in [3.8, 4) is 17.0 Å². The zero-order valence-electron chi connectivity index (χ0n) is 12.9. The van der Waals surface area contributed by atoms with Gasteiger partial charge in [0, 0.05) is 23.6 Å². The lowest BCUT2D eigenvalue weighted by molar-refractivity contribution is 0.223. The third-order valence-electron chi connectivity index (χ3n) is 4.44. The number of benzene rings is 2. The molecule has 4 rings (SSSR count). The summed E-state index contributed by atoms with van der Waals surface area (Å²) in [6.07, 6.45) is -0.0816. The van der Waals surface area contributed by atoms with Gasteiger partial charge in [-0.05, 0) is 37.4 Å². The van der Waals surface area contributed by atoms with Gasteiger partial charge in [-0.15, -0.1) is 0 Å². The van der Waals surface area contributed by atoms with Gasteiger partial charge in [-0.3, -0.25) is 4.79 Å². The van der Waals surface area contributed by atoms with Crippen molar-refractivity contribution in [2.75, 3.05) is 0 Å².